The lowest BCUT2D eigenvalue weighted by Crippen LogP contribution is -2.29. The van der Waals surface area contributed by atoms with E-state index in [1.54, 1.807) is 12.2 Å². The fourth-order valence-electron chi connectivity index (χ4n) is 6.19. The SMILES string of the molecule is CCCCCCCC/C=C\C/C=C\C/C=C\CCCC(=O)O[C@H](COC(=O)CCC/C=C\C[C@H]1[C@@H](O)CC(=O)[C@@H]1/C=C/[C@@H](O)CCCCC)COP(=O)(O)O. The summed E-state index contributed by atoms with van der Waals surface area (Å²) in [4.78, 5) is 55.4. The Bertz CT molecular complexity index is 1230. The number of aliphatic hydroxyl groups excluding tert-OH is 2. The first-order chi connectivity index (χ1) is 26.5. The fourth-order valence-corrected chi connectivity index (χ4v) is 6.55. The van der Waals surface area contributed by atoms with E-state index in [1.807, 2.05) is 24.3 Å². The van der Waals surface area contributed by atoms with Crippen LogP contribution in [0.1, 0.15) is 149 Å². The zero-order valence-corrected chi connectivity index (χ0v) is 34.4. The highest BCUT2D eigenvalue weighted by Crippen LogP contribution is 2.36. The average molecular weight is 795 g/mol. The molecule has 0 spiro atoms. The standard InChI is InChI=1S/C43H71O11P/c1-3-5-7-8-9-10-11-12-13-14-15-16-17-18-19-20-26-30-43(48)54-37(35-53-55(49,50)51)34-52-42(47)29-25-22-21-24-28-38-39(41(46)33-40(38)45)32-31-36(44)27-23-6-4-2/h12-13,15-16,18-19,21,24,31-32,36-40,44-45H,3-11,14,17,20,22-23,25-30,33-35H2,1-2H3,(H2,49,50,51)/b13-12-,16-15-,19-18-,24-21-,32-31+/t36-,37+,38+,39+,40-/m0/s1. The molecule has 1 rings (SSSR count). The van der Waals surface area contributed by atoms with Crippen LogP contribution in [0.3, 0.4) is 0 Å². The van der Waals surface area contributed by atoms with Crippen molar-refractivity contribution in [3.63, 3.8) is 0 Å². The van der Waals surface area contributed by atoms with Crippen molar-refractivity contribution in [1.29, 1.82) is 0 Å². The lowest BCUT2D eigenvalue weighted by atomic mass is 9.90. The van der Waals surface area contributed by atoms with Crippen molar-refractivity contribution in [1.82, 2.24) is 0 Å². The topological polar surface area (TPSA) is 177 Å². The quantitative estimate of drug-likeness (QED) is 0.0216. The van der Waals surface area contributed by atoms with Crippen LogP contribution in [0.15, 0.2) is 60.8 Å². The van der Waals surface area contributed by atoms with E-state index in [0.717, 1.165) is 38.5 Å². The van der Waals surface area contributed by atoms with E-state index < -0.39 is 57.2 Å². The molecule has 0 bridgehead atoms. The number of phosphoric acid groups is 1. The summed E-state index contributed by atoms with van der Waals surface area (Å²) < 4.78 is 26.3. The van der Waals surface area contributed by atoms with Crippen LogP contribution in [-0.4, -0.2) is 69.2 Å². The van der Waals surface area contributed by atoms with Crippen LogP contribution in [-0.2, 0) is 32.9 Å². The summed E-state index contributed by atoms with van der Waals surface area (Å²) in [5.74, 6) is -1.91. The molecule has 1 saturated carbocycles. The molecular weight excluding hydrogens is 723 g/mol. The minimum Gasteiger partial charge on any atom is -0.462 e. The van der Waals surface area contributed by atoms with Crippen LogP contribution in [0.2, 0.25) is 0 Å². The third-order valence-electron chi connectivity index (χ3n) is 9.39. The fraction of sp³-hybridized carbons (Fsp3) is 0.698. The Labute approximate surface area is 330 Å². The van der Waals surface area contributed by atoms with E-state index in [0.29, 0.717) is 38.5 Å². The molecule has 0 heterocycles. The van der Waals surface area contributed by atoms with E-state index in [-0.39, 0.29) is 31.0 Å². The third-order valence-corrected chi connectivity index (χ3v) is 9.87. The maximum atomic E-state index is 12.4. The summed E-state index contributed by atoms with van der Waals surface area (Å²) in [6, 6.07) is 0. The molecule has 5 atom stereocenters. The highest BCUT2D eigenvalue weighted by Gasteiger charge is 2.39. The monoisotopic (exact) mass is 794 g/mol. The number of hydrogen-bond donors (Lipinski definition) is 4. The van der Waals surface area contributed by atoms with E-state index >= 15 is 0 Å². The number of esters is 2. The van der Waals surface area contributed by atoms with Gasteiger partial charge in [0.05, 0.1) is 18.8 Å². The van der Waals surface area contributed by atoms with Gasteiger partial charge in [-0.1, -0.05) is 126 Å². The number of ether oxygens (including phenoxy) is 2. The van der Waals surface area contributed by atoms with E-state index in [1.165, 1.54) is 38.5 Å². The second-order valence-corrected chi connectivity index (χ2v) is 15.6. The minimum atomic E-state index is -4.84. The molecule has 55 heavy (non-hydrogen) atoms. The van der Waals surface area contributed by atoms with Crippen molar-refractivity contribution in [3.8, 4) is 0 Å². The molecule has 11 nitrogen and oxygen atoms in total. The summed E-state index contributed by atoms with van der Waals surface area (Å²) in [7, 11) is -4.84. The predicted octanol–water partition coefficient (Wildman–Crippen LogP) is 9.10. The van der Waals surface area contributed by atoms with Gasteiger partial charge in [-0.15, -0.1) is 0 Å². The van der Waals surface area contributed by atoms with Crippen LogP contribution in [0.25, 0.3) is 0 Å². The molecule has 1 fully saturated rings. The highest BCUT2D eigenvalue weighted by molar-refractivity contribution is 7.46. The number of hydrogen-bond acceptors (Lipinski definition) is 9. The maximum Gasteiger partial charge on any atom is 0.469 e. The van der Waals surface area contributed by atoms with Gasteiger partial charge >= 0.3 is 19.8 Å². The molecular formula is C43H71O11P. The van der Waals surface area contributed by atoms with Gasteiger partial charge in [0.25, 0.3) is 0 Å². The molecule has 0 aromatic carbocycles. The van der Waals surface area contributed by atoms with Gasteiger partial charge in [0.1, 0.15) is 12.4 Å². The van der Waals surface area contributed by atoms with Gasteiger partial charge in [-0.05, 0) is 64.2 Å². The summed E-state index contributed by atoms with van der Waals surface area (Å²) in [5, 5.41) is 20.6. The molecule has 1 aliphatic rings. The van der Waals surface area contributed by atoms with Crippen molar-refractivity contribution in [2.24, 2.45) is 11.8 Å². The summed E-state index contributed by atoms with van der Waals surface area (Å²) >= 11 is 0. The molecule has 0 aromatic rings. The molecule has 0 aliphatic heterocycles. The van der Waals surface area contributed by atoms with Gasteiger partial charge < -0.3 is 29.5 Å². The Morgan fingerprint density at radius 1 is 0.764 bits per heavy atom. The molecule has 0 amide bonds. The first-order valence-electron chi connectivity index (χ1n) is 20.7. The van der Waals surface area contributed by atoms with Crippen LogP contribution in [0.4, 0.5) is 0 Å². The van der Waals surface area contributed by atoms with Crippen LogP contribution >= 0.6 is 7.82 Å². The third kappa shape index (κ3) is 28.4. The van der Waals surface area contributed by atoms with Crippen LogP contribution < -0.4 is 0 Å². The predicted molar refractivity (Wildman–Crippen MR) is 217 cm³/mol. The van der Waals surface area contributed by atoms with Crippen molar-refractivity contribution in [3.05, 3.63) is 60.8 Å². The molecule has 0 unspecified atom stereocenters. The molecule has 314 valence electrons. The lowest BCUT2D eigenvalue weighted by Gasteiger charge is -2.18. The number of carbonyl (C=O) groups is 3. The maximum absolute atomic E-state index is 12.4. The van der Waals surface area contributed by atoms with Crippen molar-refractivity contribution >= 4 is 25.5 Å². The smallest absolute Gasteiger partial charge is 0.462 e. The largest absolute Gasteiger partial charge is 0.469 e. The Balaban J connectivity index is 2.34. The lowest BCUT2D eigenvalue weighted by molar-refractivity contribution is -0.161. The van der Waals surface area contributed by atoms with Gasteiger partial charge in [0, 0.05) is 31.1 Å². The first kappa shape index (κ1) is 50.4. The first-order valence-corrected chi connectivity index (χ1v) is 22.2. The Morgan fingerprint density at radius 3 is 1.98 bits per heavy atom. The average Bonchev–Trinajstić information content (AvgIpc) is 3.41. The van der Waals surface area contributed by atoms with Gasteiger partial charge in [-0.25, -0.2) is 4.57 Å². The zero-order chi connectivity index (χ0) is 40.6. The van der Waals surface area contributed by atoms with Gasteiger partial charge in [-0.3, -0.25) is 18.9 Å². The summed E-state index contributed by atoms with van der Waals surface area (Å²) in [6.07, 6.45) is 34.6. The van der Waals surface area contributed by atoms with E-state index in [4.69, 9.17) is 19.3 Å². The second kappa shape index (κ2) is 32.4. The Morgan fingerprint density at radius 2 is 1.33 bits per heavy atom. The number of carbonyl (C=O) groups excluding carboxylic acids is 3. The normalized spacial score (nSPS) is 19.2. The number of aliphatic hydroxyl groups is 2. The number of ketones is 1. The number of phosphoric ester groups is 1. The number of Topliss-reactive ketones (excluding diaryl/α,β-unsaturated/α-hetero) is 1. The minimum absolute atomic E-state index is 0.0374. The number of unbranched alkanes of at least 4 members (excludes halogenated alkanes) is 10. The van der Waals surface area contributed by atoms with Crippen molar-refractivity contribution in [2.45, 2.75) is 167 Å². The highest BCUT2D eigenvalue weighted by atomic mass is 31.2. The molecule has 1 aliphatic carbocycles. The summed E-state index contributed by atoms with van der Waals surface area (Å²) in [5.41, 5.74) is 0. The van der Waals surface area contributed by atoms with Gasteiger partial charge in [0.2, 0.25) is 0 Å². The molecule has 12 heteroatoms. The van der Waals surface area contributed by atoms with Crippen LogP contribution in [0.5, 0.6) is 0 Å². The zero-order valence-electron chi connectivity index (χ0n) is 33.5. The van der Waals surface area contributed by atoms with Gasteiger partial charge in [0.15, 0.2) is 6.10 Å². The second-order valence-electron chi connectivity index (χ2n) is 14.4. The van der Waals surface area contributed by atoms with Gasteiger partial charge in [-0.2, -0.15) is 0 Å². The van der Waals surface area contributed by atoms with Crippen molar-refractivity contribution < 1.29 is 52.9 Å². The summed E-state index contributed by atoms with van der Waals surface area (Å²) in [6.45, 7) is 3.29. The number of rotatable bonds is 33. The number of allylic oxidation sites excluding steroid dienone is 9. The molecule has 0 radical (unpaired) electrons. The van der Waals surface area contributed by atoms with Crippen LogP contribution in [0, 0.1) is 11.8 Å². The molecule has 0 saturated heterocycles. The molecule has 0 aromatic heterocycles. The van der Waals surface area contributed by atoms with Crippen molar-refractivity contribution in [2.75, 3.05) is 13.2 Å². The van der Waals surface area contributed by atoms with E-state index in [9.17, 15) is 29.2 Å². The Kier molecular flexibility index (Phi) is 29.7. The molecule has 4 N–H and O–H groups in total. The van der Waals surface area contributed by atoms with E-state index in [2.05, 4.69) is 42.7 Å². The Hall–Kier alpha value is -2.66.